The zero-order valence-electron chi connectivity index (χ0n) is 14.9. The maximum atomic E-state index is 12.8. The van der Waals surface area contributed by atoms with Crippen LogP contribution in [0.5, 0.6) is 0 Å². The number of halogens is 3. The van der Waals surface area contributed by atoms with Gasteiger partial charge in [-0.1, -0.05) is 60.3 Å². The number of hydrogen-bond donors (Lipinski definition) is 0. The Labute approximate surface area is 160 Å². The molecule has 0 N–H and O–H groups in total. The molecule has 2 aromatic carbocycles. The third-order valence-electron chi connectivity index (χ3n) is 4.21. The van der Waals surface area contributed by atoms with E-state index in [1.54, 1.807) is 6.07 Å². The van der Waals surface area contributed by atoms with E-state index in [4.69, 9.17) is 0 Å². The topological polar surface area (TPSA) is 30.7 Å². The van der Waals surface area contributed by atoms with Gasteiger partial charge in [-0.2, -0.15) is 13.2 Å². The van der Waals surface area contributed by atoms with Crippen LogP contribution in [0.1, 0.15) is 29.4 Å². The van der Waals surface area contributed by atoms with Crippen LogP contribution >= 0.6 is 11.8 Å². The van der Waals surface area contributed by atoms with Crippen molar-refractivity contribution in [2.24, 2.45) is 0 Å². The van der Waals surface area contributed by atoms with Crippen LogP contribution in [0.4, 0.5) is 13.2 Å². The first-order chi connectivity index (χ1) is 13.0. The van der Waals surface area contributed by atoms with Crippen molar-refractivity contribution in [3.63, 3.8) is 0 Å². The van der Waals surface area contributed by atoms with Gasteiger partial charge in [-0.15, -0.1) is 10.2 Å². The van der Waals surface area contributed by atoms with Gasteiger partial charge < -0.3 is 4.57 Å². The molecule has 0 aliphatic rings. The zero-order valence-corrected chi connectivity index (χ0v) is 15.7. The zero-order chi connectivity index (χ0) is 19.3. The van der Waals surface area contributed by atoms with Crippen LogP contribution in [0.25, 0.3) is 0 Å². The van der Waals surface area contributed by atoms with Crippen LogP contribution in [-0.2, 0) is 31.3 Å². The van der Waals surface area contributed by atoms with Gasteiger partial charge in [0.2, 0.25) is 0 Å². The number of benzene rings is 2. The van der Waals surface area contributed by atoms with Crippen molar-refractivity contribution < 1.29 is 13.2 Å². The van der Waals surface area contributed by atoms with Gasteiger partial charge in [0.25, 0.3) is 0 Å². The largest absolute Gasteiger partial charge is 0.416 e. The van der Waals surface area contributed by atoms with E-state index in [2.05, 4.69) is 22.3 Å². The van der Waals surface area contributed by atoms with E-state index in [1.807, 2.05) is 29.7 Å². The average Bonchev–Trinajstić information content (AvgIpc) is 3.07. The Balaban J connectivity index is 1.66. The summed E-state index contributed by atoms with van der Waals surface area (Å²) in [4.78, 5) is 0. The fraction of sp³-hybridized carbons (Fsp3) is 0.300. The van der Waals surface area contributed by atoms with Crippen LogP contribution in [-0.4, -0.2) is 14.8 Å². The predicted molar refractivity (Wildman–Crippen MR) is 101 cm³/mol. The van der Waals surface area contributed by atoms with Crippen LogP contribution in [0.2, 0.25) is 0 Å². The Morgan fingerprint density at radius 1 is 0.926 bits per heavy atom. The van der Waals surface area contributed by atoms with Gasteiger partial charge in [0.1, 0.15) is 5.82 Å². The Morgan fingerprint density at radius 3 is 2.37 bits per heavy atom. The molecule has 3 rings (SSSR count). The van der Waals surface area contributed by atoms with E-state index in [1.165, 1.54) is 29.5 Å². The summed E-state index contributed by atoms with van der Waals surface area (Å²) in [5.74, 6) is 1.31. The van der Waals surface area contributed by atoms with E-state index >= 15 is 0 Å². The molecule has 1 aromatic heterocycles. The monoisotopic (exact) mass is 391 g/mol. The molecule has 0 spiro atoms. The molecule has 0 atom stereocenters. The summed E-state index contributed by atoms with van der Waals surface area (Å²) in [6.07, 6.45) is -2.68. The van der Waals surface area contributed by atoms with Crippen molar-refractivity contribution in [2.45, 2.75) is 43.4 Å². The van der Waals surface area contributed by atoms with Crippen LogP contribution in [0.15, 0.2) is 59.8 Å². The van der Waals surface area contributed by atoms with Gasteiger partial charge >= 0.3 is 6.18 Å². The number of nitrogens with zero attached hydrogens (tertiary/aromatic N) is 3. The number of aromatic nitrogens is 3. The summed E-state index contributed by atoms with van der Waals surface area (Å²) in [7, 11) is 0. The third kappa shape index (κ3) is 5.13. The second-order valence-corrected chi connectivity index (χ2v) is 7.06. The SMILES string of the molecule is CCn1c(CCc2ccccc2)nnc1SCc1cccc(C(F)(F)F)c1. The van der Waals surface area contributed by atoms with Gasteiger partial charge in [0, 0.05) is 18.7 Å². The number of thioether (sulfide) groups is 1. The van der Waals surface area contributed by atoms with Crippen molar-refractivity contribution >= 4 is 11.8 Å². The predicted octanol–water partition coefficient (Wildman–Crippen LogP) is 5.39. The number of rotatable bonds is 7. The third-order valence-corrected chi connectivity index (χ3v) is 5.25. The van der Waals surface area contributed by atoms with Gasteiger partial charge in [0.15, 0.2) is 5.16 Å². The van der Waals surface area contributed by atoms with E-state index in [-0.39, 0.29) is 0 Å². The molecule has 27 heavy (non-hydrogen) atoms. The number of aryl methyl sites for hydroxylation is 2. The minimum Gasteiger partial charge on any atom is -0.306 e. The Morgan fingerprint density at radius 2 is 1.67 bits per heavy atom. The second-order valence-electron chi connectivity index (χ2n) is 6.12. The molecule has 0 saturated carbocycles. The molecule has 0 aliphatic heterocycles. The molecule has 0 radical (unpaired) electrons. The lowest BCUT2D eigenvalue weighted by molar-refractivity contribution is -0.137. The summed E-state index contributed by atoms with van der Waals surface area (Å²) in [5, 5.41) is 9.26. The lowest BCUT2D eigenvalue weighted by Gasteiger charge is -2.09. The first kappa shape index (κ1) is 19.5. The van der Waals surface area contributed by atoms with Crippen molar-refractivity contribution in [3.8, 4) is 0 Å². The highest BCUT2D eigenvalue weighted by Gasteiger charge is 2.30. The van der Waals surface area contributed by atoms with Crippen molar-refractivity contribution in [1.29, 1.82) is 0 Å². The number of alkyl halides is 3. The summed E-state index contributed by atoms with van der Waals surface area (Å²) in [5.41, 5.74) is 1.23. The highest BCUT2D eigenvalue weighted by atomic mass is 32.2. The van der Waals surface area contributed by atoms with Crippen LogP contribution < -0.4 is 0 Å². The van der Waals surface area contributed by atoms with E-state index in [0.29, 0.717) is 11.3 Å². The molecule has 0 unspecified atom stereocenters. The van der Waals surface area contributed by atoms with Crippen LogP contribution in [0.3, 0.4) is 0 Å². The molecule has 0 amide bonds. The summed E-state index contributed by atoms with van der Waals surface area (Å²) in [6.45, 7) is 2.74. The Kier molecular flexibility index (Phi) is 6.21. The molecular weight excluding hydrogens is 371 g/mol. The fourth-order valence-electron chi connectivity index (χ4n) is 2.81. The first-order valence-corrected chi connectivity index (χ1v) is 9.71. The van der Waals surface area contributed by atoms with Gasteiger partial charge in [-0.05, 0) is 30.5 Å². The highest BCUT2D eigenvalue weighted by molar-refractivity contribution is 7.98. The molecule has 7 heteroatoms. The summed E-state index contributed by atoms with van der Waals surface area (Å²) >= 11 is 1.41. The quantitative estimate of drug-likeness (QED) is 0.506. The maximum Gasteiger partial charge on any atom is 0.416 e. The molecule has 0 saturated heterocycles. The number of hydrogen-bond acceptors (Lipinski definition) is 3. The van der Waals surface area contributed by atoms with E-state index < -0.39 is 11.7 Å². The highest BCUT2D eigenvalue weighted by Crippen LogP contribution is 2.31. The lowest BCUT2D eigenvalue weighted by atomic mass is 10.1. The smallest absolute Gasteiger partial charge is 0.306 e. The van der Waals surface area contributed by atoms with Crippen LogP contribution in [0, 0.1) is 0 Å². The van der Waals surface area contributed by atoms with Gasteiger partial charge in [-0.3, -0.25) is 0 Å². The van der Waals surface area contributed by atoms with Gasteiger partial charge in [-0.25, -0.2) is 0 Å². The standard InChI is InChI=1S/C20H20F3N3S/c1-2-26-18(12-11-15-7-4-3-5-8-15)24-25-19(26)27-14-16-9-6-10-17(13-16)20(21,22)23/h3-10,13H,2,11-12,14H2,1H3. The van der Waals surface area contributed by atoms with E-state index in [0.717, 1.165) is 36.4 Å². The molecule has 0 fully saturated rings. The Hall–Kier alpha value is -2.28. The maximum absolute atomic E-state index is 12.8. The van der Waals surface area contributed by atoms with Crippen molar-refractivity contribution in [2.75, 3.05) is 0 Å². The molecule has 0 aliphatic carbocycles. The molecular formula is C20H20F3N3S. The second kappa shape index (κ2) is 8.61. The summed E-state index contributed by atoms with van der Waals surface area (Å²) < 4.78 is 40.6. The fourth-order valence-corrected chi connectivity index (χ4v) is 3.78. The lowest BCUT2D eigenvalue weighted by Crippen LogP contribution is -2.06. The molecule has 142 valence electrons. The first-order valence-electron chi connectivity index (χ1n) is 8.72. The molecule has 1 heterocycles. The Bertz CT molecular complexity index is 876. The molecule has 3 nitrogen and oxygen atoms in total. The van der Waals surface area contributed by atoms with E-state index in [9.17, 15) is 13.2 Å². The van der Waals surface area contributed by atoms with Gasteiger partial charge in [0.05, 0.1) is 5.56 Å². The molecule has 0 bridgehead atoms. The normalized spacial score (nSPS) is 11.7. The summed E-state index contributed by atoms with van der Waals surface area (Å²) in [6, 6.07) is 15.6. The average molecular weight is 391 g/mol. The van der Waals surface area contributed by atoms with Crippen molar-refractivity contribution in [3.05, 3.63) is 77.1 Å². The van der Waals surface area contributed by atoms with Crippen molar-refractivity contribution in [1.82, 2.24) is 14.8 Å². The molecule has 3 aromatic rings. The minimum atomic E-state index is -4.32. The minimum absolute atomic E-state index is 0.417.